The van der Waals surface area contributed by atoms with Crippen molar-refractivity contribution in [1.82, 2.24) is 19.0 Å². The fourth-order valence-corrected chi connectivity index (χ4v) is 3.26. The number of fused-ring (bicyclic) bond motifs is 1. The molecule has 3 heterocycles. The Morgan fingerprint density at radius 2 is 1.71 bits per heavy atom. The molecule has 128 valence electrons. The Balaban J connectivity index is 2.19. The van der Waals surface area contributed by atoms with Crippen molar-refractivity contribution in [3.8, 4) is 0 Å². The minimum atomic E-state index is -0.392. The van der Waals surface area contributed by atoms with E-state index in [4.69, 9.17) is 0 Å². The molecule has 8 nitrogen and oxygen atoms in total. The molecule has 1 amide bonds. The van der Waals surface area contributed by atoms with Gasteiger partial charge in [0.2, 0.25) is 5.91 Å². The lowest BCUT2D eigenvalue weighted by atomic mass is 10.1. The molecule has 0 spiro atoms. The quantitative estimate of drug-likeness (QED) is 0.711. The molecule has 0 N–H and O–H groups in total. The van der Waals surface area contributed by atoms with Crippen LogP contribution < -0.4 is 16.1 Å². The molecular weight excluding hydrogens is 310 g/mol. The highest BCUT2D eigenvalue weighted by molar-refractivity contribution is 5.90. The first-order valence-corrected chi connectivity index (χ1v) is 7.88. The van der Waals surface area contributed by atoms with Gasteiger partial charge < -0.3 is 9.80 Å². The van der Waals surface area contributed by atoms with Crippen LogP contribution in [0.4, 0.5) is 5.69 Å². The van der Waals surface area contributed by atoms with E-state index in [1.807, 2.05) is 6.92 Å². The Kier molecular flexibility index (Phi) is 3.90. The van der Waals surface area contributed by atoms with E-state index in [2.05, 4.69) is 9.88 Å². The molecule has 2 aromatic rings. The summed E-state index contributed by atoms with van der Waals surface area (Å²) in [6.45, 7) is 5.99. The molecule has 0 unspecified atom stereocenters. The fourth-order valence-electron chi connectivity index (χ4n) is 3.26. The second kappa shape index (κ2) is 5.77. The zero-order valence-corrected chi connectivity index (χ0v) is 14.4. The van der Waals surface area contributed by atoms with Crippen LogP contribution in [0.2, 0.25) is 0 Å². The lowest BCUT2D eigenvalue weighted by Gasteiger charge is -2.36. The molecule has 1 aliphatic rings. The average molecular weight is 331 g/mol. The van der Waals surface area contributed by atoms with Crippen molar-refractivity contribution in [2.24, 2.45) is 14.1 Å². The van der Waals surface area contributed by atoms with E-state index in [1.54, 1.807) is 25.1 Å². The van der Waals surface area contributed by atoms with E-state index in [0.717, 1.165) is 15.8 Å². The molecule has 3 rings (SSSR count). The molecule has 0 saturated carbocycles. The Morgan fingerprint density at radius 1 is 1.08 bits per heavy atom. The fraction of sp³-hybridized carbons (Fsp3) is 0.500. The standard InChI is InChI=1S/C16H21N5O3/c1-10-9-17-14-12(15(23)19(4)16(24)18(14)3)13(10)21-7-5-20(6-8-21)11(2)22/h9H,5-8H2,1-4H3. The van der Waals surface area contributed by atoms with Gasteiger partial charge in [-0.05, 0) is 12.5 Å². The smallest absolute Gasteiger partial charge is 0.332 e. The van der Waals surface area contributed by atoms with Gasteiger partial charge in [-0.3, -0.25) is 18.7 Å². The molecule has 2 aromatic heterocycles. The molecule has 24 heavy (non-hydrogen) atoms. The van der Waals surface area contributed by atoms with E-state index in [1.165, 1.54) is 11.6 Å². The summed E-state index contributed by atoms with van der Waals surface area (Å²) in [5.41, 5.74) is 1.34. The summed E-state index contributed by atoms with van der Waals surface area (Å²) >= 11 is 0. The van der Waals surface area contributed by atoms with Crippen LogP contribution in [0, 0.1) is 6.92 Å². The van der Waals surface area contributed by atoms with Gasteiger partial charge in [0.05, 0.1) is 5.69 Å². The van der Waals surface area contributed by atoms with Crippen LogP contribution in [-0.4, -0.2) is 51.1 Å². The van der Waals surface area contributed by atoms with Crippen molar-refractivity contribution in [2.75, 3.05) is 31.1 Å². The molecule has 0 aromatic carbocycles. The van der Waals surface area contributed by atoms with Crippen LogP contribution in [0.15, 0.2) is 15.8 Å². The lowest BCUT2D eigenvalue weighted by molar-refractivity contribution is -0.129. The third kappa shape index (κ3) is 2.38. The number of piperazine rings is 1. The van der Waals surface area contributed by atoms with E-state index < -0.39 is 5.69 Å². The van der Waals surface area contributed by atoms with Gasteiger partial charge in [0.1, 0.15) is 5.39 Å². The van der Waals surface area contributed by atoms with Crippen LogP contribution in [0.3, 0.4) is 0 Å². The van der Waals surface area contributed by atoms with Gasteiger partial charge >= 0.3 is 5.69 Å². The van der Waals surface area contributed by atoms with Crippen LogP contribution >= 0.6 is 0 Å². The maximum atomic E-state index is 12.7. The van der Waals surface area contributed by atoms with E-state index in [9.17, 15) is 14.4 Å². The molecule has 1 aliphatic heterocycles. The van der Waals surface area contributed by atoms with Gasteiger partial charge in [-0.25, -0.2) is 9.78 Å². The number of aryl methyl sites for hydroxylation is 2. The number of carbonyl (C=O) groups is 1. The Morgan fingerprint density at radius 3 is 2.29 bits per heavy atom. The summed E-state index contributed by atoms with van der Waals surface area (Å²) in [5, 5.41) is 0.455. The molecule has 0 atom stereocenters. The molecular formula is C16H21N5O3. The zero-order valence-electron chi connectivity index (χ0n) is 14.4. The summed E-state index contributed by atoms with van der Waals surface area (Å²) in [5.74, 6) is 0.0595. The van der Waals surface area contributed by atoms with Crippen molar-refractivity contribution in [3.05, 3.63) is 32.6 Å². The van der Waals surface area contributed by atoms with Crippen LogP contribution in [-0.2, 0) is 18.9 Å². The van der Waals surface area contributed by atoms with Crippen molar-refractivity contribution >= 4 is 22.6 Å². The molecule has 0 radical (unpaired) electrons. The Hall–Kier alpha value is -2.64. The number of nitrogens with zero attached hydrogens (tertiary/aromatic N) is 5. The van der Waals surface area contributed by atoms with E-state index in [0.29, 0.717) is 37.2 Å². The summed E-state index contributed by atoms with van der Waals surface area (Å²) in [6, 6.07) is 0. The predicted octanol–water partition coefficient (Wildman–Crippen LogP) is -0.391. The first-order chi connectivity index (χ1) is 11.3. The number of rotatable bonds is 1. The number of hydrogen-bond donors (Lipinski definition) is 0. The summed E-state index contributed by atoms with van der Waals surface area (Å²) in [7, 11) is 3.09. The summed E-state index contributed by atoms with van der Waals surface area (Å²) in [6.07, 6.45) is 1.69. The second-order valence-corrected chi connectivity index (χ2v) is 6.19. The molecule has 1 fully saturated rings. The monoisotopic (exact) mass is 331 g/mol. The van der Waals surface area contributed by atoms with Crippen LogP contribution in [0.5, 0.6) is 0 Å². The van der Waals surface area contributed by atoms with Crippen molar-refractivity contribution in [2.45, 2.75) is 13.8 Å². The van der Waals surface area contributed by atoms with Crippen molar-refractivity contribution in [3.63, 3.8) is 0 Å². The lowest BCUT2D eigenvalue weighted by Crippen LogP contribution is -2.49. The third-order valence-corrected chi connectivity index (χ3v) is 4.67. The molecule has 8 heteroatoms. The van der Waals surface area contributed by atoms with E-state index in [-0.39, 0.29) is 11.5 Å². The minimum Gasteiger partial charge on any atom is -0.367 e. The number of amides is 1. The zero-order chi connectivity index (χ0) is 17.6. The van der Waals surface area contributed by atoms with Gasteiger partial charge in [-0.15, -0.1) is 0 Å². The Bertz CT molecular complexity index is 935. The van der Waals surface area contributed by atoms with Gasteiger partial charge in [0.15, 0.2) is 5.65 Å². The number of anilines is 1. The average Bonchev–Trinajstić information content (AvgIpc) is 2.57. The highest BCUT2D eigenvalue weighted by atomic mass is 16.2. The summed E-state index contributed by atoms with van der Waals surface area (Å²) < 4.78 is 2.50. The molecule has 0 aliphatic carbocycles. The largest absolute Gasteiger partial charge is 0.367 e. The van der Waals surface area contributed by atoms with Crippen molar-refractivity contribution in [1.29, 1.82) is 0 Å². The number of carbonyl (C=O) groups excluding carboxylic acids is 1. The number of pyridine rings is 1. The second-order valence-electron chi connectivity index (χ2n) is 6.19. The molecule has 1 saturated heterocycles. The van der Waals surface area contributed by atoms with Gasteiger partial charge in [0, 0.05) is 53.4 Å². The van der Waals surface area contributed by atoms with Gasteiger partial charge in [0.25, 0.3) is 5.56 Å². The van der Waals surface area contributed by atoms with Crippen molar-refractivity contribution < 1.29 is 4.79 Å². The third-order valence-electron chi connectivity index (χ3n) is 4.67. The predicted molar refractivity (Wildman–Crippen MR) is 91.4 cm³/mol. The van der Waals surface area contributed by atoms with Gasteiger partial charge in [-0.1, -0.05) is 0 Å². The first-order valence-electron chi connectivity index (χ1n) is 7.88. The number of hydrogen-bond acceptors (Lipinski definition) is 5. The highest BCUT2D eigenvalue weighted by Crippen LogP contribution is 2.27. The van der Waals surface area contributed by atoms with Crippen LogP contribution in [0.25, 0.3) is 11.0 Å². The minimum absolute atomic E-state index is 0.0595. The maximum absolute atomic E-state index is 12.7. The molecule has 0 bridgehead atoms. The maximum Gasteiger partial charge on any atom is 0.332 e. The normalized spacial score (nSPS) is 15.2. The van der Waals surface area contributed by atoms with Gasteiger partial charge in [-0.2, -0.15) is 0 Å². The SMILES string of the molecule is CC(=O)N1CCN(c2c(C)cnc3c2c(=O)n(C)c(=O)n3C)CC1. The Labute approximate surface area is 138 Å². The first kappa shape index (κ1) is 16.2. The number of aromatic nitrogens is 3. The summed E-state index contributed by atoms with van der Waals surface area (Å²) in [4.78, 5) is 44.5. The topological polar surface area (TPSA) is 80.4 Å². The highest BCUT2D eigenvalue weighted by Gasteiger charge is 2.24. The van der Waals surface area contributed by atoms with E-state index >= 15 is 0 Å². The van der Waals surface area contributed by atoms with Crippen LogP contribution in [0.1, 0.15) is 12.5 Å².